The van der Waals surface area contributed by atoms with Crippen LogP contribution in [0, 0.1) is 18.3 Å². The molecule has 0 radical (unpaired) electrons. The maximum absolute atomic E-state index is 11.7. The van der Waals surface area contributed by atoms with Crippen LogP contribution in [0.15, 0.2) is 30.3 Å². The van der Waals surface area contributed by atoms with Crippen molar-refractivity contribution in [3.05, 3.63) is 47.0 Å². The van der Waals surface area contributed by atoms with Gasteiger partial charge in [-0.3, -0.25) is 9.59 Å². The summed E-state index contributed by atoms with van der Waals surface area (Å²) in [5.74, 6) is 3.49. The largest absolute Gasteiger partial charge is 0.300 e. The zero-order valence-corrected chi connectivity index (χ0v) is 13.3. The molecule has 0 saturated heterocycles. The van der Waals surface area contributed by atoms with E-state index >= 15 is 0 Å². The van der Waals surface area contributed by atoms with Gasteiger partial charge >= 0.3 is 0 Å². The summed E-state index contributed by atoms with van der Waals surface area (Å²) >= 11 is 0. The molecule has 0 N–H and O–H groups in total. The fourth-order valence-corrected chi connectivity index (χ4v) is 3.74. The predicted octanol–water partition coefficient (Wildman–Crippen LogP) is 4.50. The van der Waals surface area contributed by atoms with E-state index in [1.807, 2.05) is 18.2 Å². The topological polar surface area (TPSA) is 34.1 Å². The van der Waals surface area contributed by atoms with Crippen LogP contribution in [0.2, 0.25) is 0 Å². The molecule has 2 atom stereocenters. The summed E-state index contributed by atoms with van der Waals surface area (Å²) in [4.78, 5) is 23.1. The van der Waals surface area contributed by atoms with Gasteiger partial charge in [0, 0.05) is 17.0 Å². The Bertz CT molecular complexity index is 810. The molecule has 116 valence electrons. The maximum Gasteiger partial charge on any atom is 0.151 e. The molecule has 2 unspecified atom stereocenters. The van der Waals surface area contributed by atoms with E-state index in [0.29, 0.717) is 22.8 Å². The van der Waals surface area contributed by atoms with Crippen molar-refractivity contribution in [2.24, 2.45) is 5.92 Å². The summed E-state index contributed by atoms with van der Waals surface area (Å²) in [5, 5.41) is 1.94. The molecule has 2 aromatic rings. The predicted molar refractivity (Wildman–Crippen MR) is 92.7 cm³/mol. The van der Waals surface area contributed by atoms with Gasteiger partial charge in [0.2, 0.25) is 0 Å². The van der Waals surface area contributed by atoms with Crippen molar-refractivity contribution in [3.63, 3.8) is 0 Å². The zero-order chi connectivity index (χ0) is 16.4. The second-order valence-electron chi connectivity index (χ2n) is 6.44. The van der Waals surface area contributed by atoms with Gasteiger partial charge in [0.1, 0.15) is 5.78 Å². The van der Waals surface area contributed by atoms with Crippen molar-refractivity contribution in [1.29, 1.82) is 0 Å². The molecule has 0 aliphatic heterocycles. The Morgan fingerprint density at radius 2 is 2.09 bits per heavy atom. The number of carbonyl (C=O) groups excluding carboxylic acids is 2. The number of aldehydes is 1. The molecule has 0 amide bonds. The van der Waals surface area contributed by atoms with Gasteiger partial charge in [-0.15, -0.1) is 6.42 Å². The number of hydrogen-bond acceptors (Lipinski definition) is 2. The molecule has 2 aromatic carbocycles. The van der Waals surface area contributed by atoms with Crippen LogP contribution in [-0.2, 0) is 4.79 Å². The van der Waals surface area contributed by atoms with E-state index in [0.717, 1.165) is 42.7 Å². The number of Topliss-reactive ketones (excluding diaryl/α,β-unsaturated/α-hetero) is 1. The number of carbonyl (C=O) groups is 2. The van der Waals surface area contributed by atoms with Crippen LogP contribution in [-0.4, -0.2) is 12.1 Å². The third-order valence-corrected chi connectivity index (χ3v) is 5.08. The van der Waals surface area contributed by atoms with Gasteiger partial charge in [0.15, 0.2) is 6.29 Å². The molecule has 23 heavy (non-hydrogen) atoms. The van der Waals surface area contributed by atoms with Gasteiger partial charge in [0.05, 0.1) is 0 Å². The molecule has 0 heterocycles. The number of benzene rings is 2. The van der Waals surface area contributed by atoms with E-state index in [2.05, 4.69) is 18.1 Å². The van der Waals surface area contributed by atoms with Gasteiger partial charge in [-0.1, -0.05) is 36.6 Å². The lowest BCUT2D eigenvalue weighted by atomic mass is 9.76. The Kier molecular flexibility index (Phi) is 4.30. The third-order valence-electron chi connectivity index (χ3n) is 5.08. The van der Waals surface area contributed by atoms with Crippen molar-refractivity contribution < 1.29 is 9.59 Å². The number of fused-ring (bicyclic) bond motifs is 1. The average molecular weight is 304 g/mol. The van der Waals surface area contributed by atoms with Gasteiger partial charge in [0.25, 0.3) is 0 Å². The number of terminal acetylenes is 1. The monoisotopic (exact) mass is 304 g/mol. The minimum absolute atomic E-state index is 0.193. The molecule has 0 aromatic heterocycles. The first-order valence-corrected chi connectivity index (χ1v) is 8.13. The number of ketones is 1. The summed E-state index contributed by atoms with van der Waals surface area (Å²) in [5.41, 5.74) is 2.48. The van der Waals surface area contributed by atoms with Crippen LogP contribution in [0.1, 0.15) is 60.0 Å². The lowest BCUT2D eigenvalue weighted by Crippen LogP contribution is -2.19. The molecular formula is C21H20O2. The van der Waals surface area contributed by atoms with E-state index in [9.17, 15) is 9.59 Å². The van der Waals surface area contributed by atoms with Crippen molar-refractivity contribution >= 4 is 22.8 Å². The highest BCUT2D eigenvalue weighted by Gasteiger charge is 2.26. The fourth-order valence-electron chi connectivity index (χ4n) is 3.74. The molecule has 1 fully saturated rings. The first-order chi connectivity index (χ1) is 11.1. The summed E-state index contributed by atoms with van der Waals surface area (Å²) in [6.07, 6.45) is 10.5. The van der Waals surface area contributed by atoms with Gasteiger partial charge in [-0.2, -0.15) is 0 Å². The van der Waals surface area contributed by atoms with Crippen LogP contribution in [0.25, 0.3) is 10.8 Å². The summed E-state index contributed by atoms with van der Waals surface area (Å²) in [6.45, 7) is 1.70. The summed E-state index contributed by atoms with van der Waals surface area (Å²) < 4.78 is 0. The van der Waals surface area contributed by atoms with Crippen molar-refractivity contribution in [1.82, 2.24) is 0 Å². The SMILES string of the molecule is C#Cc1ccc2cc(C3CCCC(C(C)=O)C3)ccc2c1C=O. The Morgan fingerprint density at radius 3 is 2.78 bits per heavy atom. The Labute approximate surface area is 136 Å². The Hall–Kier alpha value is -2.40. The van der Waals surface area contributed by atoms with Crippen LogP contribution >= 0.6 is 0 Å². The average Bonchev–Trinajstić information content (AvgIpc) is 2.60. The standard InChI is InChI=1S/C21H20O2/c1-3-15-7-8-19-12-18(9-10-20(19)21(15)13-22)17-6-4-5-16(11-17)14(2)23/h1,7-10,12-13,16-17H,4-6,11H2,2H3. The number of rotatable bonds is 3. The summed E-state index contributed by atoms with van der Waals surface area (Å²) in [7, 11) is 0. The van der Waals surface area contributed by atoms with E-state index in [1.54, 1.807) is 6.92 Å². The molecule has 1 aliphatic carbocycles. The molecule has 2 nitrogen and oxygen atoms in total. The quantitative estimate of drug-likeness (QED) is 0.618. The van der Waals surface area contributed by atoms with E-state index in [-0.39, 0.29) is 5.92 Å². The van der Waals surface area contributed by atoms with Crippen LogP contribution in [0.5, 0.6) is 0 Å². The minimum Gasteiger partial charge on any atom is -0.300 e. The molecule has 3 rings (SSSR count). The lowest BCUT2D eigenvalue weighted by Gasteiger charge is -2.28. The highest BCUT2D eigenvalue weighted by molar-refractivity contribution is 6.00. The highest BCUT2D eigenvalue weighted by Crippen LogP contribution is 2.37. The van der Waals surface area contributed by atoms with Crippen LogP contribution in [0.3, 0.4) is 0 Å². The second kappa shape index (κ2) is 6.38. The molecule has 2 heteroatoms. The maximum atomic E-state index is 11.7. The highest BCUT2D eigenvalue weighted by atomic mass is 16.1. The molecule has 1 aliphatic rings. The van der Waals surface area contributed by atoms with Gasteiger partial charge in [-0.05, 0) is 54.5 Å². The molecule has 0 spiro atoms. The van der Waals surface area contributed by atoms with E-state index in [1.165, 1.54) is 5.56 Å². The first kappa shape index (κ1) is 15.5. The fraction of sp³-hybridized carbons (Fsp3) is 0.333. The smallest absolute Gasteiger partial charge is 0.151 e. The second-order valence-corrected chi connectivity index (χ2v) is 6.44. The van der Waals surface area contributed by atoms with E-state index < -0.39 is 0 Å². The minimum atomic E-state index is 0.193. The third kappa shape index (κ3) is 2.92. The normalized spacial score (nSPS) is 20.9. The van der Waals surface area contributed by atoms with Crippen molar-refractivity contribution in [2.45, 2.75) is 38.5 Å². The Morgan fingerprint density at radius 1 is 1.26 bits per heavy atom. The van der Waals surface area contributed by atoms with Crippen LogP contribution < -0.4 is 0 Å². The summed E-state index contributed by atoms with van der Waals surface area (Å²) in [6, 6.07) is 10.0. The Balaban J connectivity index is 1.99. The van der Waals surface area contributed by atoms with Crippen molar-refractivity contribution in [3.8, 4) is 12.3 Å². The molecular weight excluding hydrogens is 284 g/mol. The molecule has 1 saturated carbocycles. The molecule has 0 bridgehead atoms. The van der Waals surface area contributed by atoms with Gasteiger partial charge < -0.3 is 0 Å². The lowest BCUT2D eigenvalue weighted by molar-refractivity contribution is -0.121. The zero-order valence-electron chi connectivity index (χ0n) is 13.3. The van der Waals surface area contributed by atoms with E-state index in [4.69, 9.17) is 6.42 Å². The first-order valence-electron chi connectivity index (χ1n) is 8.13. The van der Waals surface area contributed by atoms with Crippen molar-refractivity contribution in [2.75, 3.05) is 0 Å². The van der Waals surface area contributed by atoms with Gasteiger partial charge in [-0.25, -0.2) is 0 Å². The number of hydrogen-bond donors (Lipinski definition) is 0. The van der Waals surface area contributed by atoms with Crippen LogP contribution in [0.4, 0.5) is 0 Å².